The number of halogens is 2. The highest BCUT2D eigenvalue weighted by Gasteiger charge is 2.27. The summed E-state index contributed by atoms with van der Waals surface area (Å²) in [5.74, 6) is -1.99. The SMILES string of the molecule is CC(C(=O)c1ccc(F)c(F)c1)N1CCCC(CO)C1. The molecular weight excluding hydrogens is 264 g/mol. The van der Waals surface area contributed by atoms with Gasteiger partial charge in [-0.1, -0.05) is 0 Å². The minimum Gasteiger partial charge on any atom is -0.396 e. The van der Waals surface area contributed by atoms with Gasteiger partial charge in [0.05, 0.1) is 6.04 Å². The van der Waals surface area contributed by atoms with Crippen molar-refractivity contribution in [3.63, 3.8) is 0 Å². The second kappa shape index (κ2) is 6.41. The van der Waals surface area contributed by atoms with Gasteiger partial charge in [-0.15, -0.1) is 0 Å². The highest BCUT2D eigenvalue weighted by atomic mass is 19.2. The third-order valence-corrected chi connectivity index (χ3v) is 3.94. The fourth-order valence-corrected chi connectivity index (χ4v) is 2.65. The lowest BCUT2D eigenvalue weighted by molar-refractivity contribution is 0.0673. The van der Waals surface area contributed by atoms with Gasteiger partial charge < -0.3 is 5.11 Å². The molecule has 1 N–H and O–H groups in total. The quantitative estimate of drug-likeness (QED) is 0.862. The van der Waals surface area contributed by atoms with Crippen LogP contribution < -0.4 is 0 Å². The van der Waals surface area contributed by atoms with Crippen molar-refractivity contribution in [2.24, 2.45) is 5.92 Å². The second-order valence-electron chi connectivity index (χ2n) is 5.35. The van der Waals surface area contributed by atoms with Crippen LogP contribution in [0.1, 0.15) is 30.1 Å². The number of piperidine rings is 1. The molecule has 1 aromatic carbocycles. The number of Topliss-reactive ketones (excluding diaryl/α,β-unsaturated/α-hetero) is 1. The molecule has 1 saturated heterocycles. The van der Waals surface area contributed by atoms with Gasteiger partial charge >= 0.3 is 0 Å². The zero-order valence-electron chi connectivity index (χ0n) is 11.5. The van der Waals surface area contributed by atoms with E-state index in [9.17, 15) is 18.7 Å². The predicted molar refractivity (Wildman–Crippen MR) is 71.5 cm³/mol. The molecular formula is C15H19F2NO2. The number of rotatable bonds is 4. The van der Waals surface area contributed by atoms with Crippen LogP contribution >= 0.6 is 0 Å². The van der Waals surface area contributed by atoms with Crippen molar-refractivity contribution in [2.45, 2.75) is 25.8 Å². The van der Waals surface area contributed by atoms with E-state index in [1.54, 1.807) is 6.92 Å². The van der Waals surface area contributed by atoms with Gasteiger partial charge in [0.2, 0.25) is 0 Å². The molecule has 1 aliphatic rings. The molecule has 1 aliphatic heterocycles. The summed E-state index contributed by atoms with van der Waals surface area (Å²) in [6.45, 7) is 3.33. The van der Waals surface area contributed by atoms with E-state index < -0.39 is 17.7 Å². The van der Waals surface area contributed by atoms with Crippen LogP contribution in [0.25, 0.3) is 0 Å². The molecule has 3 nitrogen and oxygen atoms in total. The summed E-state index contributed by atoms with van der Waals surface area (Å²) in [7, 11) is 0. The minimum atomic E-state index is -1.00. The maximum absolute atomic E-state index is 13.2. The zero-order chi connectivity index (χ0) is 14.7. The highest BCUT2D eigenvalue weighted by Crippen LogP contribution is 2.20. The van der Waals surface area contributed by atoms with Crippen molar-refractivity contribution in [3.8, 4) is 0 Å². The first-order valence-electron chi connectivity index (χ1n) is 6.87. The summed E-state index contributed by atoms with van der Waals surface area (Å²) in [6.07, 6.45) is 1.89. The number of carbonyl (C=O) groups is 1. The van der Waals surface area contributed by atoms with Crippen LogP contribution in [-0.4, -0.2) is 41.5 Å². The lowest BCUT2D eigenvalue weighted by atomic mass is 9.95. The number of carbonyl (C=O) groups excluding carboxylic acids is 1. The number of aliphatic hydroxyl groups is 1. The summed E-state index contributed by atoms with van der Waals surface area (Å²) < 4.78 is 26.1. The molecule has 0 saturated carbocycles. The number of nitrogens with zero attached hydrogens (tertiary/aromatic N) is 1. The first-order valence-corrected chi connectivity index (χ1v) is 6.87. The molecule has 1 fully saturated rings. The third kappa shape index (κ3) is 3.22. The molecule has 110 valence electrons. The molecule has 0 radical (unpaired) electrons. The van der Waals surface area contributed by atoms with Gasteiger partial charge in [-0.05, 0) is 50.4 Å². The maximum atomic E-state index is 13.2. The fraction of sp³-hybridized carbons (Fsp3) is 0.533. The molecule has 0 aromatic heterocycles. The van der Waals surface area contributed by atoms with Gasteiger partial charge in [0.25, 0.3) is 0 Å². The van der Waals surface area contributed by atoms with E-state index in [0.29, 0.717) is 6.54 Å². The molecule has 2 unspecified atom stereocenters. The predicted octanol–water partition coefficient (Wildman–Crippen LogP) is 2.24. The molecule has 0 spiro atoms. The Bertz CT molecular complexity index is 493. The number of hydrogen-bond donors (Lipinski definition) is 1. The van der Waals surface area contributed by atoms with E-state index in [-0.39, 0.29) is 23.9 Å². The van der Waals surface area contributed by atoms with Gasteiger partial charge in [-0.2, -0.15) is 0 Å². The molecule has 5 heteroatoms. The van der Waals surface area contributed by atoms with Crippen LogP contribution in [0.2, 0.25) is 0 Å². The second-order valence-corrected chi connectivity index (χ2v) is 5.35. The Kier molecular flexibility index (Phi) is 4.83. The molecule has 2 rings (SSSR count). The Morgan fingerprint density at radius 3 is 2.85 bits per heavy atom. The first-order chi connectivity index (χ1) is 9.52. The van der Waals surface area contributed by atoms with Crippen molar-refractivity contribution >= 4 is 5.78 Å². The van der Waals surface area contributed by atoms with E-state index in [1.165, 1.54) is 6.07 Å². The topological polar surface area (TPSA) is 40.5 Å². The number of hydrogen-bond acceptors (Lipinski definition) is 3. The number of ketones is 1. The number of aliphatic hydroxyl groups excluding tert-OH is 1. The largest absolute Gasteiger partial charge is 0.396 e. The van der Waals surface area contributed by atoms with E-state index in [2.05, 4.69) is 0 Å². The van der Waals surface area contributed by atoms with Crippen molar-refractivity contribution in [1.29, 1.82) is 0 Å². The van der Waals surface area contributed by atoms with E-state index in [1.807, 2.05) is 4.90 Å². The summed E-state index contributed by atoms with van der Waals surface area (Å²) in [5.41, 5.74) is 0.183. The van der Waals surface area contributed by atoms with E-state index in [4.69, 9.17) is 0 Å². The Morgan fingerprint density at radius 1 is 1.45 bits per heavy atom. The minimum absolute atomic E-state index is 0.114. The lowest BCUT2D eigenvalue weighted by Crippen LogP contribution is -2.45. The van der Waals surface area contributed by atoms with Gasteiger partial charge in [0, 0.05) is 18.7 Å². The normalized spacial score (nSPS) is 21.7. The summed E-state index contributed by atoms with van der Waals surface area (Å²) >= 11 is 0. The fourth-order valence-electron chi connectivity index (χ4n) is 2.65. The molecule has 0 aliphatic carbocycles. The molecule has 0 bridgehead atoms. The lowest BCUT2D eigenvalue weighted by Gasteiger charge is -2.35. The van der Waals surface area contributed by atoms with Crippen molar-refractivity contribution in [1.82, 2.24) is 4.90 Å². The van der Waals surface area contributed by atoms with Crippen molar-refractivity contribution < 1.29 is 18.7 Å². The van der Waals surface area contributed by atoms with Gasteiger partial charge in [0.1, 0.15) is 0 Å². The Balaban J connectivity index is 2.09. The highest BCUT2D eigenvalue weighted by molar-refractivity contribution is 5.99. The van der Waals surface area contributed by atoms with Crippen molar-refractivity contribution in [3.05, 3.63) is 35.4 Å². The summed E-state index contributed by atoms with van der Waals surface area (Å²) in [4.78, 5) is 14.3. The average Bonchev–Trinajstić information content (AvgIpc) is 2.48. The van der Waals surface area contributed by atoms with E-state index >= 15 is 0 Å². The molecule has 0 amide bonds. The molecule has 2 atom stereocenters. The average molecular weight is 283 g/mol. The standard InChI is InChI=1S/C15H19F2NO2/c1-10(18-6-2-3-11(8-18)9-19)15(20)12-4-5-13(16)14(17)7-12/h4-5,7,10-11,19H,2-3,6,8-9H2,1H3. The third-order valence-electron chi connectivity index (χ3n) is 3.94. The molecule has 20 heavy (non-hydrogen) atoms. The maximum Gasteiger partial charge on any atom is 0.179 e. The Labute approximate surface area is 117 Å². The zero-order valence-corrected chi connectivity index (χ0v) is 11.5. The van der Waals surface area contributed by atoms with Crippen LogP contribution in [0.15, 0.2) is 18.2 Å². The first kappa shape index (κ1) is 15.1. The van der Waals surface area contributed by atoms with Crippen molar-refractivity contribution in [2.75, 3.05) is 19.7 Å². The Hall–Kier alpha value is -1.33. The van der Waals surface area contributed by atoms with Gasteiger partial charge in [-0.25, -0.2) is 8.78 Å². The number of benzene rings is 1. The van der Waals surface area contributed by atoms with Crippen LogP contribution in [0, 0.1) is 17.6 Å². The van der Waals surface area contributed by atoms with Gasteiger partial charge in [-0.3, -0.25) is 9.69 Å². The van der Waals surface area contributed by atoms with Crippen LogP contribution in [0.4, 0.5) is 8.78 Å². The number of likely N-dealkylation sites (tertiary alicyclic amines) is 1. The van der Waals surface area contributed by atoms with E-state index in [0.717, 1.165) is 31.5 Å². The van der Waals surface area contributed by atoms with Gasteiger partial charge in [0.15, 0.2) is 17.4 Å². The molecule has 1 heterocycles. The Morgan fingerprint density at radius 2 is 2.20 bits per heavy atom. The summed E-state index contributed by atoms with van der Waals surface area (Å²) in [5, 5.41) is 9.21. The molecule has 1 aromatic rings. The van der Waals surface area contributed by atoms with Crippen LogP contribution in [0.3, 0.4) is 0 Å². The summed E-state index contributed by atoms with van der Waals surface area (Å²) in [6, 6.07) is 2.84. The van der Waals surface area contributed by atoms with Crippen LogP contribution in [-0.2, 0) is 0 Å². The smallest absolute Gasteiger partial charge is 0.179 e. The van der Waals surface area contributed by atoms with Crippen LogP contribution in [0.5, 0.6) is 0 Å². The monoisotopic (exact) mass is 283 g/mol.